The molecule has 21 heavy (non-hydrogen) atoms. The molecule has 0 aromatic heterocycles. The summed E-state index contributed by atoms with van der Waals surface area (Å²) in [5.41, 5.74) is 10.1. The van der Waals surface area contributed by atoms with Crippen molar-refractivity contribution >= 4 is 5.69 Å². The molecule has 114 valence electrons. The molecule has 2 unspecified atom stereocenters. The summed E-state index contributed by atoms with van der Waals surface area (Å²) in [5, 5.41) is 27.2. The minimum atomic E-state index is -0.786. The van der Waals surface area contributed by atoms with E-state index in [1.165, 1.54) is 0 Å². The van der Waals surface area contributed by atoms with Gasteiger partial charge >= 0.3 is 0 Å². The summed E-state index contributed by atoms with van der Waals surface area (Å²) in [6.07, 6.45) is -1.57. The highest BCUT2D eigenvalue weighted by molar-refractivity contribution is 5.48. The lowest BCUT2D eigenvalue weighted by Gasteiger charge is -2.60. The van der Waals surface area contributed by atoms with Crippen LogP contribution in [0.2, 0.25) is 0 Å². The van der Waals surface area contributed by atoms with Crippen molar-refractivity contribution < 1.29 is 10.2 Å². The van der Waals surface area contributed by atoms with Gasteiger partial charge in [0.25, 0.3) is 0 Å². The van der Waals surface area contributed by atoms with Gasteiger partial charge in [0.15, 0.2) is 0 Å². The van der Waals surface area contributed by atoms with Gasteiger partial charge in [-0.25, -0.2) is 0 Å². The molecule has 0 amide bonds. The molecule has 1 aromatic rings. The predicted molar refractivity (Wildman–Crippen MR) is 77.8 cm³/mol. The van der Waals surface area contributed by atoms with E-state index >= 15 is 0 Å². The maximum atomic E-state index is 11.8. The molecule has 2 rings (SSSR count). The largest absolute Gasteiger partial charge is 0.851 e. The number of anilines is 1. The molecule has 0 saturated heterocycles. The van der Waals surface area contributed by atoms with Crippen molar-refractivity contribution in [2.45, 2.75) is 32.0 Å². The van der Waals surface area contributed by atoms with Gasteiger partial charge in [-0.15, -0.1) is 12.2 Å². The number of rotatable bonds is 6. The third-order valence-corrected chi connectivity index (χ3v) is 4.30. The number of likely N-dealkylation sites (N-methyl/N-ethyl adjacent to an activating group) is 1. The maximum Gasteiger partial charge on any atom is 0.0434 e. The van der Waals surface area contributed by atoms with Crippen molar-refractivity contribution in [1.29, 1.82) is 0 Å². The Kier molecular flexibility index (Phi) is 5.07. The van der Waals surface area contributed by atoms with Crippen molar-refractivity contribution in [3.8, 4) is 0 Å². The van der Waals surface area contributed by atoms with Crippen LogP contribution >= 0.6 is 0 Å². The normalized spacial score (nSPS) is 27.6. The summed E-state index contributed by atoms with van der Waals surface area (Å²) in [4.78, 5) is 4.83. The lowest BCUT2D eigenvalue weighted by atomic mass is 9.67. The van der Waals surface area contributed by atoms with E-state index in [0.29, 0.717) is 13.1 Å². The monoisotopic (exact) mass is 288 g/mol. The predicted octanol–water partition coefficient (Wildman–Crippen LogP) is 1.01. The average Bonchev–Trinajstić information content (AvgIpc) is 2.52. The molecular weight excluding hydrogens is 268 g/mol. The Morgan fingerprint density at radius 3 is 2.38 bits per heavy atom. The zero-order valence-electron chi connectivity index (χ0n) is 12.3. The lowest BCUT2D eigenvalue weighted by Crippen LogP contribution is -2.64. The molecule has 0 spiro atoms. The summed E-state index contributed by atoms with van der Waals surface area (Å²) >= 11 is 0. The van der Waals surface area contributed by atoms with Crippen molar-refractivity contribution in [3.05, 3.63) is 40.3 Å². The standard InChI is InChI=1S/C15H20N4O2/c1-3-19(9-8-17-18-16)12-6-4-11(5-7-12)13-14(20)10(2)15(13)21/h4-7,10,13-15H,3,8-9H2,1-2H3/q-2. The first-order chi connectivity index (χ1) is 10.1. The zero-order valence-corrected chi connectivity index (χ0v) is 12.3. The molecule has 0 bridgehead atoms. The van der Waals surface area contributed by atoms with E-state index in [2.05, 4.69) is 14.9 Å². The van der Waals surface area contributed by atoms with Crippen molar-refractivity contribution in [2.24, 2.45) is 11.0 Å². The fraction of sp³-hybridized carbons (Fsp3) is 0.600. The van der Waals surface area contributed by atoms with Gasteiger partial charge in [0.1, 0.15) is 0 Å². The van der Waals surface area contributed by atoms with Crippen molar-refractivity contribution in [3.63, 3.8) is 0 Å². The SMILES string of the molecule is CCN(CCN=[N+]=[N-])c1ccc(C2C([O-])C(C)C2[O-])cc1. The number of hydrogen-bond donors (Lipinski definition) is 0. The van der Waals surface area contributed by atoms with Gasteiger partial charge in [0.2, 0.25) is 0 Å². The van der Waals surface area contributed by atoms with E-state index in [4.69, 9.17) is 5.53 Å². The third kappa shape index (κ3) is 3.13. The van der Waals surface area contributed by atoms with Gasteiger partial charge in [-0.1, -0.05) is 30.1 Å². The van der Waals surface area contributed by atoms with Crippen LogP contribution in [0.15, 0.2) is 29.4 Å². The lowest BCUT2D eigenvalue weighted by molar-refractivity contribution is -0.547. The molecule has 1 aliphatic carbocycles. The first kappa shape index (κ1) is 15.6. The summed E-state index contributed by atoms with van der Waals surface area (Å²) in [6.45, 7) is 5.62. The van der Waals surface area contributed by atoms with E-state index in [0.717, 1.165) is 17.8 Å². The molecular formula is C15H20N4O2-2. The zero-order chi connectivity index (χ0) is 15.4. The molecule has 0 heterocycles. The number of nitrogens with zero attached hydrogens (tertiary/aromatic N) is 4. The molecule has 1 aliphatic rings. The second-order valence-corrected chi connectivity index (χ2v) is 5.44. The summed E-state index contributed by atoms with van der Waals surface area (Å²) < 4.78 is 0. The van der Waals surface area contributed by atoms with Crippen LogP contribution in [0.5, 0.6) is 0 Å². The minimum Gasteiger partial charge on any atom is -0.851 e. The van der Waals surface area contributed by atoms with Crippen molar-refractivity contribution in [2.75, 3.05) is 24.5 Å². The van der Waals surface area contributed by atoms with Gasteiger partial charge < -0.3 is 15.1 Å². The Hall–Kier alpha value is -1.75. The van der Waals surface area contributed by atoms with Gasteiger partial charge in [0, 0.05) is 30.2 Å². The number of azide groups is 1. The highest BCUT2D eigenvalue weighted by atomic mass is 16.3. The van der Waals surface area contributed by atoms with Crippen molar-refractivity contribution in [1.82, 2.24) is 0 Å². The Morgan fingerprint density at radius 1 is 1.24 bits per heavy atom. The Balaban J connectivity index is 2.05. The van der Waals surface area contributed by atoms with Crippen LogP contribution < -0.4 is 15.1 Å². The van der Waals surface area contributed by atoms with Crippen LogP contribution in [0.4, 0.5) is 5.69 Å². The first-order valence-electron chi connectivity index (χ1n) is 7.27. The summed E-state index contributed by atoms with van der Waals surface area (Å²) in [6, 6.07) is 7.60. The smallest absolute Gasteiger partial charge is 0.0434 e. The van der Waals surface area contributed by atoms with Crippen LogP contribution in [-0.4, -0.2) is 31.8 Å². The second-order valence-electron chi connectivity index (χ2n) is 5.44. The summed E-state index contributed by atoms with van der Waals surface area (Å²) in [7, 11) is 0. The number of benzene rings is 1. The topological polar surface area (TPSA) is 98.1 Å². The second kappa shape index (κ2) is 6.80. The quantitative estimate of drug-likeness (QED) is 0.444. The fourth-order valence-corrected chi connectivity index (χ4v) is 2.85. The van der Waals surface area contributed by atoms with Crippen LogP contribution in [-0.2, 0) is 0 Å². The fourth-order valence-electron chi connectivity index (χ4n) is 2.85. The molecule has 0 N–H and O–H groups in total. The Morgan fingerprint density at radius 2 is 1.86 bits per heavy atom. The van der Waals surface area contributed by atoms with Crippen LogP contribution in [0.25, 0.3) is 10.4 Å². The van der Waals surface area contributed by atoms with Gasteiger partial charge in [0.05, 0.1) is 0 Å². The Bertz CT molecular complexity index is 503. The molecule has 1 aromatic carbocycles. The number of hydrogen-bond acceptors (Lipinski definition) is 4. The Labute approximate surface area is 124 Å². The van der Waals surface area contributed by atoms with E-state index in [1.54, 1.807) is 6.92 Å². The van der Waals surface area contributed by atoms with E-state index in [-0.39, 0.29) is 5.92 Å². The van der Waals surface area contributed by atoms with E-state index in [1.807, 2.05) is 31.2 Å². The maximum absolute atomic E-state index is 11.8. The van der Waals surface area contributed by atoms with Gasteiger partial charge in [-0.3, -0.25) is 0 Å². The molecule has 6 heteroatoms. The molecule has 1 saturated carbocycles. The highest BCUT2D eigenvalue weighted by Gasteiger charge is 2.34. The molecule has 0 radical (unpaired) electrons. The average molecular weight is 288 g/mol. The first-order valence-corrected chi connectivity index (χ1v) is 7.27. The third-order valence-electron chi connectivity index (χ3n) is 4.30. The van der Waals surface area contributed by atoms with E-state index < -0.39 is 18.1 Å². The minimum absolute atomic E-state index is 0.286. The summed E-state index contributed by atoms with van der Waals surface area (Å²) in [5.74, 6) is -0.696. The van der Waals surface area contributed by atoms with E-state index in [9.17, 15) is 10.2 Å². The molecule has 2 atom stereocenters. The molecule has 1 fully saturated rings. The van der Waals surface area contributed by atoms with Gasteiger partial charge in [-0.05, 0) is 36.1 Å². The highest BCUT2D eigenvalue weighted by Crippen LogP contribution is 2.39. The molecule has 6 nitrogen and oxygen atoms in total. The molecule has 0 aliphatic heterocycles. The van der Waals surface area contributed by atoms with Crippen LogP contribution in [0, 0.1) is 5.92 Å². The van der Waals surface area contributed by atoms with Crippen LogP contribution in [0.3, 0.4) is 0 Å². The van der Waals surface area contributed by atoms with Crippen LogP contribution in [0.1, 0.15) is 25.3 Å². The van der Waals surface area contributed by atoms with Gasteiger partial charge in [-0.2, -0.15) is 0 Å².